The Hall–Kier alpha value is -8.15. The maximum Gasteiger partial charge on any atom is 0.164 e. The van der Waals surface area contributed by atoms with Gasteiger partial charge in [-0.15, -0.1) is 0 Å². The van der Waals surface area contributed by atoms with Crippen molar-refractivity contribution in [2.75, 3.05) is 0 Å². The van der Waals surface area contributed by atoms with Crippen LogP contribution in [0.4, 0.5) is 0 Å². The van der Waals surface area contributed by atoms with Crippen molar-refractivity contribution in [3.63, 3.8) is 0 Å². The van der Waals surface area contributed by atoms with Crippen molar-refractivity contribution in [1.29, 1.82) is 5.26 Å². The molecule has 0 saturated heterocycles. The Labute approximate surface area is 327 Å². The van der Waals surface area contributed by atoms with Crippen LogP contribution in [0, 0.1) is 11.3 Å². The van der Waals surface area contributed by atoms with Crippen LogP contribution in [-0.2, 0) is 0 Å². The van der Waals surface area contributed by atoms with Gasteiger partial charge in [0.2, 0.25) is 0 Å². The van der Waals surface area contributed by atoms with E-state index in [0.717, 1.165) is 55.3 Å². The third-order valence-electron chi connectivity index (χ3n) is 9.78. The van der Waals surface area contributed by atoms with Gasteiger partial charge in [0, 0.05) is 44.2 Å². The largest absolute Gasteiger partial charge is 0.456 e. The van der Waals surface area contributed by atoms with Crippen LogP contribution in [0.25, 0.3) is 101 Å². The van der Waals surface area contributed by atoms with Gasteiger partial charge in [-0.2, -0.15) is 5.26 Å². The lowest BCUT2D eigenvalue weighted by molar-refractivity contribution is 0.669. The molecule has 8 heteroatoms. The van der Waals surface area contributed by atoms with Crippen LogP contribution >= 0.6 is 0 Å². The molecule has 0 aliphatic heterocycles. The van der Waals surface area contributed by atoms with Crippen LogP contribution in [0.1, 0.15) is 5.56 Å². The number of benzene rings is 7. The normalized spacial score (nSPS) is 11.1. The van der Waals surface area contributed by atoms with Gasteiger partial charge >= 0.3 is 0 Å². The van der Waals surface area contributed by atoms with Crippen molar-refractivity contribution in [2.24, 2.45) is 0 Å². The summed E-state index contributed by atoms with van der Waals surface area (Å²) < 4.78 is 6.33. The summed E-state index contributed by atoms with van der Waals surface area (Å²) in [5, 5.41) is 11.4. The molecule has 0 N–H and O–H groups in total. The minimum Gasteiger partial charge on any atom is -0.456 e. The molecular weight excluding hydrogens is 703 g/mol. The van der Waals surface area contributed by atoms with Crippen molar-refractivity contribution >= 4 is 21.9 Å². The predicted octanol–water partition coefficient (Wildman–Crippen LogP) is 11.5. The van der Waals surface area contributed by atoms with Crippen molar-refractivity contribution in [1.82, 2.24) is 29.9 Å². The van der Waals surface area contributed by atoms with E-state index in [1.165, 1.54) is 0 Å². The standard InChI is InChI=1S/C49H29N7O/c50-30-31-21-23-40-41-24-22-36(29-43(41)57-42(40)25-31)37-26-38(48-53-44(32-13-5-1-6-14-32)51-45(54-48)33-15-7-2-8-16-33)28-39(27-37)49-55-46(34-17-9-3-10-18-34)52-47(56-49)35-19-11-4-12-20-35/h1-29H. The zero-order chi connectivity index (χ0) is 38.1. The monoisotopic (exact) mass is 731 g/mol. The van der Waals surface area contributed by atoms with E-state index in [2.05, 4.69) is 30.3 Å². The number of hydrogen-bond acceptors (Lipinski definition) is 8. The van der Waals surface area contributed by atoms with E-state index in [4.69, 9.17) is 34.3 Å². The molecule has 0 fully saturated rings. The molecular formula is C49H29N7O. The van der Waals surface area contributed by atoms with Crippen LogP contribution in [0.5, 0.6) is 0 Å². The Morgan fingerprint density at radius 3 is 1.07 bits per heavy atom. The Balaban J connectivity index is 1.21. The van der Waals surface area contributed by atoms with Crippen LogP contribution < -0.4 is 0 Å². The maximum absolute atomic E-state index is 9.51. The summed E-state index contributed by atoms with van der Waals surface area (Å²) in [6, 6.07) is 59.8. The molecule has 7 aromatic carbocycles. The van der Waals surface area contributed by atoms with Gasteiger partial charge in [-0.05, 0) is 59.7 Å². The number of furan rings is 1. The van der Waals surface area contributed by atoms with Gasteiger partial charge in [-0.3, -0.25) is 0 Å². The number of nitrogens with zero attached hydrogens (tertiary/aromatic N) is 7. The van der Waals surface area contributed by atoms with Gasteiger partial charge in [0.05, 0.1) is 11.6 Å². The zero-order valence-electron chi connectivity index (χ0n) is 30.3. The van der Waals surface area contributed by atoms with Gasteiger partial charge in [0.25, 0.3) is 0 Å². The third-order valence-corrected chi connectivity index (χ3v) is 9.78. The summed E-state index contributed by atoms with van der Waals surface area (Å²) in [6.07, 6.45) is 0. The van der Waals surface area contributed by atoms with E-state index in [0.29, 0.717) is 51.7 Å². The molecule has 266 valence electrons. The number of hydrogen-bond donors (Lipinski definition) is 0. The maximum atomic E-state index is 9.51. The second-order valence-electron chi connectivity index (χ2n) is 13.5. The Kier molecular flexibility index (Phi) is 8.36. The first-order valence-electron chi connectivity index (χ1n) is 18.4. The topological polar surface area (TPSA) is 114 Å². The molecule has 3 aromatic heterocycles. The summed E-state index contributed by atoms with van der Waals surface area (Å²) in [5.74, 6) is 3.24. The van der Waals surface area contributed by atoms with Crippen molar-refractivity contribution < 1.29 is 4.42 Å². The molecule has 0 aliphatic rings. The van der Waals surface area contributed by atoms with Gasteiger partial charge < -0.3 is 4.42 Å². The molecule has 0 aliphatic carbocycles. The SMILES string of the molecule is N#Cc1ccc2c(c1)oc1cc(-c3cc(-c4nc(-c5ccccc5)nc(-c5ccccc5)n4)cc(-c4nc(-c5ccccc5)nc(-c5ccccc5)n4)c3)ccc12. The fourth-order valence-corrected chi connectivity index (χ4v) is 6.95. The van der Waals surface area contributed by atoms with Crippen molar-refractivity contribution in [2.45, 2.75) is 0 Å². The molecule has 3 heterocycles. The number of aromatic nitrogens is 6. The highest BCUT2D eigenvalue weighted by Crippen LogP contribution is 2.37. The summed E-state index contributed by atoms with van der Waals surface area (Å²) in [6.45, 7) is 0. The smallest absolute Gasteiger partial charge is 0.164 e. The van der Waals surface area contributed by atoms with Gasteiger partial charge in [-0.1, -0.05) is 127 Å². The van der Waals surface area contributed by atoms with E-state index in [-0.39, 0.29) is 0 Å². The molecule has 8 nitrogen and oxygen atoms in total. The third kappa shape index (κ3) is 6.56. The van der Waals surface area contributed by atoms with E-state index in [1.54, 1.807) is 6.07 Å². The molecule has 10 rings (SSSR count). The fourth-order valence-electron chi connectivity index (χ4n) is 6.95. The number of nitriles is 1. The molecule has 0 radical (unpaired) electrons. The molecule has 0 spiro atoms. The fraction of sp³-hybridized carbons (Fsp3) is 0. The first-order chi connectivity index (χ1) is 28.1. The summed E-state index contributed by atoms with van der Waals surface area (Å²) in [5.41, 5.74) is 8.72. The average Bonchev–Trinajstić information content (AvgIpc) is 3.67. The summed E-state index contributed by atoms with van der Waals surface area (Å²) in [7, 11) is 0. The average molecular weight is 732 g/mol. The highest BCUT2D eigenvalue weighted by molar-refractivity contribution is 6.06. The van der Waals surface area contributed by atoms with Crippen molar-refractivity contribution in [3.8, 4) is 85.5 Å². The molecule has 0 unspecified atom stereocenters. The van der Waals surface area contributed by atoms with Crippen LogP contribution in [0.2, 0.25) is 0 Å². The molecule has 0 bridgehead atoms. The van der Waals surface area contributed by atoms with Gasteiger partial charge in [0.1, 0.15) is 11.2 Å². The zero-order valence-corrected chi connectivity index (χ0v) is 30.3. The molecule has 0 saturated carbocycles. The summed E-state index contributed by atoms with van der Waals surface area (Å²) in [4.78, 5) is 30.2. The Morgan fingerprint density at radius 2 is 0.667 bits per heavy atom. The van der Waals surface area contributed by atoms with Gasteiger partial charge in [-0.25, -0.2) is 29.9 Å². The lowest BCUT2D eigenvalue weighted by atomic mass is 9.97. The van der Waals surface area contributed by atoms with Crippen LogP contribution in [-0.4, -0.2) is 29.9 Å². The number of fused-ring (bicyclic) bond motifs is 3. The Morgan fingerprint density at radius 1 is 0.316 bits per heavy atom. The van der Waals surface area contributed by atoms with E-state index in [9.17, 15) is 5.26 Å². The van der Waals surface area contributed by atoms with E-state index in [1.807, 2.05) is 146 Å². The van der Waals surface area contributed by atoms with E-state index < -0.39 is 0 Å². The molecule has 57 heavy (non-hydrogen) atoms. The van der Waals surface area contributed by atoms with E-state index >= 15 is 0 Å². The van der Waals surface area contributed by atoms with Gasteiger partial charge in [0.15, 0.2) is 34.9 Å². The Bertz CT molecular complexity index is 2860. The molecule has 0 amide bonds. The lowest BCUT2D eigenvalue weighted by Gasteiger charge is -2.13. The summed E-state index contributed by atoms with van der Waals surface area (Å²) >= 11 is 0. The quantitative estimate of drug-likeness (QED) is 0.159. The lowest BCUT2D eigenvalue weighted by Crippen LogP contribution is -2.02. The minimum atomic E-state index is 0.500. The minimum absolute atomic E-state index is 0.500. The number of rotatable bonds is 7. The van der Waals surface area contributed by atoms with Crippen LogP contribution in [0.15, 0.2) is 180 Å². The molecule has 10 aromatic rings. The van der Waals surface area contributed by atoms with Crippen molar-refractivity contribution in [3.05, 3.63) is 181 Å². The second-order valence-corrected chi connectivity index (χ2v) is 13.5. The first kappa shape index (κ1) is 33.4. The first-order valence-corrected chi connectivity index (χ1v) is 18.4. The highest BCUT2D eigenvalue weighted by atomic mass is 16.3. The second kappa shape index (κ2) is 14.3. The molecule has 0 atom stereocenters. The van der Waals surface area contributed by atoms with Crippen LogP contribution in [0.3, 0.4) is 0 Å². The predicted molar refractivity (Wildman–Crippen MR) is 223 cm³/mol. The highest BCUT2D eigenvalue weighted by Gasteiger charge is 2.18.